The van der Waals surface area contributed by atoms with Crippen molar-refractivity contribution in [3.8, 4) is 11.5 Å². The molecule has 6 nitrogen and oxygen atoms in total. The van der Waals surface area contributed by atoms with Crippen molar-refractivity contribution in [1.29, 1.82) is 0 Å². The molecule has 0 spiro atoms. The maximum Gasteiger partial charge on any atom is 0.275 e. The number of nitrogens with one attached hydrogen (secondary N) is 2. The summed E-state index contributed by atoms with van der Waals surface area (Å²) in [6.07, 6.45) is 0. The van der Waals surface area contributed by atoms with Crippen LogP contribution in [-0.4, -0.2) is 53.0 Å². The maximum absolute atomic E-state index is 11.9. The second kappa shape index (κ2) is 7.85. The van der Waals surface area contributed by atoms with Crippen LogP contribution in [0, 0.1) is 0 Å². The normalized spacial score (nSPS) is 15.5. The highest BCUT2D eigenvalue weighted by molar-refractivity contribution is 5.76. The largest absolute Gasteiger partial charge is 0.493 e. The van der Waals surface area contributed by atoms with Crippen LogP contribution in [0.25, 0.3) is 0 Å². The molecular weight excluding hydrogens is 272 g/mol. The molecule has 0 atom stereocenters. The standard InChI is InChI=1S/C15H22N2O4/c1-19-13-4-3-12(9-14(13)20-2)10-16-15(18)11-17-5-7-21-8-6-17/h3-4,9H,5-8,10-11H2,1-2H3,(H,16,18)/p+1. The van der Waals surface area contributed by atoms with Crippen LogP contribution in [0.3, 0.4) is 0 Å². The lowest BCUT2D eigenvalue weighted by molar-refractivity contribution is -0.900. The van der Waals surface area contributed by atoms with Gasteiger partial charge in [-0.2, -0.15) is 0 Å². The van der Waals surface area contributed by atoms with Gasteiger partial charge < -0.3 is 24.4 Å². The van der Waals surface area contributed by atoms with Gasteiger partial charge in [0.15, 0.2) is 18.0 Å². The molecule has 2 N–H and O–H groups in total. The van der Waals surface area contributed by atoms with Crippen LogP contribution in [0.15, 0.2) is 18.2 Å². The van der Waals surface area contributed by atoms with Crippen LogP contribution in [0.1, 0.15) is 5.56 Å². The van der Waals surface area contributed by atoms with E-state index < -0.39 is 0 Å². The highest BCUT2D eigenvalue weighted by Gasteiger charge is 2.17. The lowest BCUT2D eigenvalue weighted by Gasteiger charge is -2.23. The molecule has 0 radical (unpaired) electrons. The van der Waals surface area contributed by atoms with Crippen LogP contribution in [0.4, 0.5) is 0 Å². The van der Waals surface area contributed by atoms with E-state index in [2.05, 4.69) is 5.32 Å². The number of ether oxygens (including phenoxy) is 3. The molecule has 1 fully saturated rings. The quantitative estimate of drug-likeness (QED) is 0.724. The zero-order chi connectivity index (χ0) is 15.1. The van der Waals surface area contributed by atoms with Gasteiger partial charge in [-0.1, -0.05) is 6.07 Å². The third kappa shape index (κ3) is 4.61. The number of hydrogen-bond acceptors (Lipinski definition) is 4. The number of rotatable bonds is 6. The van der Waals surface area contributed by atoms with E-state index in [1.807, 2.05) is 18.2 Å². The van der Waals surface area contributed by atoms with Crippen molar-refractivity contribution >= 4 is 5.91 Å². The van der Waals surface area contributed by atoms with Crippen molar-refractivity contribution in [2.75, 3.05) is 47.1 Å². The van der Waals surface area contributed by atoms with Gasteiger partial charge in [-0.05, 0) is 17.7 Å². The van der Waals surface area contributed by atoms with Gasteiger partial charge in [-0.3, -0.25) is 4.79 Å². The fraction of sp³-hybridized carbons (Fsp3) is 0.533. The number of carbonyl (C=O) groups excluding carboxylic acids is 1. The summed E-state index contributed by atoms with van der Waals surface area (Å²) in [4.78, 5) is 13.2. The van der Waals surface area contributed by atoms with Gasteiger partial charge in [0.2, 0.25) is 0 Å². The second-order valence-electron chi connectivity index (χ2n) is 5.01. The van der Waals surface area contributed by atoms with Gasteiger partial charge in [0.1, 0.15) is 13.1 Å². The molecule has 1 aliphatic heterocycles. The minimum absolute atomic E-state index is 0.0571. The lowest BCUT2D eigenvalue weighted by Crippen LogP contribution is -3.15. The third-order valence-corrected chi connectivity index (χ3v) is 3.55. The highest BCUT2D eigenvalue weighted by Crippen LogP contribution is 2.27. The Morgan fingerprint density at radius 3 is 2.62 bits per heavy atom. The van der Waals surface area contributed by atoms with Gasteiger partial charge in [0.05, 0.1) is 27.4 Å². The second-order valence-corrected chi connectivity index (χ2v) is 5.01. The van der Waals surface area contributed by atoms with Gasteiger partial charge in [0.25, 0.3) is 5.91 Å². The number of morpholine rings is 1. The molecule has 21 heavy (non-hydrogen) atoms. The molecule has 1 amide bonds. The van der Waals surface area contributed by atoms with Crippen LogP contribution < -0.4 is 19.7 Å². The topological polar surface area (TPSA) is 61.2 Å². The van der Waals surface area contributed by atoms with E-state index in [1.54, 1.807) is 14.2 Å². The Hall–Kier alpha value is -1.79. The Labute approximate surface area is 125 Å². The first kappa shape index (κ1) is 15.6. The van der Waals surface area contributed by atoms with Gasteiger partial charge in [0, 0.05) is 6.54 Å². The Morgan fingerprint density at radius 2 is 1.95 bits per heavy atom. The minimum Gasteiger partial charge on any atom is -0.493 e. The number of hydrogen-bond donors (Lipinski definition) is 2. The summed E-state index contributed by atoms with van der Waals surface area (Å²) < 4.78 is 15.7. The summed E-state index contributed by atoms with van der Waals surface area (Å²) in [6, 6.07) is 5.64. The highest BCUT2D eigenvalue weighted by atomic mass is 16.5. The third-order valence-electron chi connectivity index (χ3n) is 3.55. The molecule has 0 bridgehead atoms. The number of carbonyl (C=O) groups is 1. The average Bonchev–Trinajstić information content (AvgIpc) is 2.53. The summed E-state index contributed by atoms with van der Waals surface area (Å²) in [6.45, 7) is 4.24. The summed E-state index contributed by atoms with van der Waals surface area (Å²) in [7, 11) is 3.20. The first-order valence-corrected chi connectivity index (χ1v) is 7.12. The Bertz CT molecular complexity index is 473. The number of quaternary nitrogens is 1. The molecule has 1 aromatic carbocycles. The van der Waals surface area contributed by atoms with Crippen LogP contribution in [-0.2, 0) is 16.1 Å². The molecule has 0 saturated carbocycles. The molecule has 2 rings (SSSR count). The zero-order valence-electron chi connectivity index (χ0n) is 12.6. The van der Waals surface area contributed by atoms with E-state index >= 15 is 0 Å². The molecule has 1 aliphatic rings. The minimum atomic E-state index is 0.0571. The monoisotopic (exact) mass is 295 g/mol. The molecule has 6 heteroatoms. The maximum atomic E-state index is 11.9. The SMILES string of the molecule is COc1ccc(CNC(=O)C[NH+]2CCOCC2)cc1OC. The smallest absolute Gasteiger partial charge is 0.275 e. The fourth-order valence-corrected chi connectivity index (χ4v) is 2.32. The predicted octanol–water partition coefficient (Wildman–Crippen LogP) is -0.765. The summed E-state index contributed by atoms with van der Waals surface area (Å²) >= 11 is 0. The van der Waals surface area contributed by atoms with E-state index in [9.17, 15) is 4.79 Å². The first-order chi connectivity index (χ1) is 10.2. The molecule has 1 heterocycles. The number of methoxy groups -OCH3 is 2. The van der Waals surface area contributed by atoms with Crippen molar-refractivity contribution in [1.82, 2.24) is 5.32 Å². The average molecular weight is 295 g/mol. The van der Waals surface area contributed by atoms with Crippen LogP contribution in [0.2, 0.25) is 0 Å². The van der Waals surface area contributed by atoms with Crippen LogP contribution in [0.5, 0.6) is 11.5 Å². The van der Waals surface area contributed by atoms with E-state index in [1.165, 1.54) is 4.90 Å². The van der Waals surface area contributed by atoms with E-state index in [0.29, 0.717) is 24.6 Å². The van der Waals surface area contributed by atoms with Gasteiger partial charge in [-0.15, -0.1) is 0 Å². The van der Waals surface area contributed by atoms with Crippen molar-refractivity contribution < 1.29 is 23.9 Å². The molecule has 116 valence electrons. The van der Waals surface area contributed by atoms with E-state index in [4.69, 9.17) is 14.2 Å². The predicted molar refractivity (Wildman–Crippen MR) is 77.8 cm³/mol. The number of benzene rings is 1. The lowest BCUT2D eigenvalue weighted by atomic mass is 10.2. The van der Waals surface area contributed by atoms with Crippen molar-refractivity contribution in [2.24, 2.45) is 0 Å². The summed E-state index contributed by atoms with van der Waals surface area (Å²) in [5.41, 5.74) is 0.984. The zero-order valence-corrected chi connectivity index (χ0v) is 12.6. The van der Waals surface area contributed by atoms with Crippen molar-refractivity contribution in [3.05, 3.63) is 23.8 Å². The fourth-order valence-electron chi connectivity index (χ4n) is 2.32. The molecule has 1 aromatic rings. The van der Waals surface area contributed by atoms with E-state index in [-0.39, 0.29) is 5.91 Å². The molecule has 0 aromatic heterocycles. The molecule has 0 aliphatic carbocycles. The summed E-state index contributed by atoms with van der Waals surface area (Å²) in [5, 5.41) is 2.94. The molecular formula is C15H23N2O4+. The Kier molecular flexibility index (Phi) is 5.83. The van der Waals surface area contributed by atoms with Crippen molar-refractivity contribution in [3.63, 3.8) is 0 Å². The van der Waals surface area contributed by atoms with Gasteiger partial charge >= 0.3 is 0 Å². The summed E-state index contributed by atoms with van der Waals surface area (Å²) in [5.74, 6) is 1.41. The van der Waals surface area contributed by atoms with E-state index in [0.717, 1.165) is 31.9 Å². The molecule has 1 saturated heterocycles. The van der Waals surface area contributed by atoms with Crippen LogP contribution >= 0.6 is 0 Å². The number of amides is 1. The molecule has 0 unspecified atom stereocenters. The van der Waals surface area contributed by atoms with Crippen molar-refractivity contribution in [2.45, 2.75) is 6.54 Å². The Balaban J connectivity index is 1.83. The van der Waals surface area contributed by atoms with Gasteiger partial charge in [-0.25, -0.2) is 0 Å². The Morgan fingerprint density at radius 1 is 1.24 bits per heavy atom. The first-order valence-electron chi connectivity index (χ1n) is 7.12.